The fraction of sp³-hybridized carbons (Fsp3) is 0.143. The molecule has 2 N–H and O–H groups in total. The molecule has 0 spiro atoms. The summed E-state index contributed by atoms with van der Waals surface area (Å²) in [5, 5.41) is 1.74. The van der Waals surface area contributed by atoms with Crippen molar-refractivity contribution in [3.8, 4) is 0 Å². The average molecular weight is 418 g/mol. The number of alkyl halides is 3. The fourth-order valence-corrected chi connectivity index (χ4v) is 3.81. The van der Waals surface area contributed by atoms with Crippen LogP contribution in [-0.4, -0.2) is 16.7 Å². The van der Waals surface area contributed by atoms with Crippen LogP contribution in [0.2, 0.25) is 0 Å². The molecule has 8 heteroatoms. The molecule has 0 radical (unpaired) electrons. The number of hydrogen-bond acceptors (Lipinski definition) is 3. The van der Waals surface area contributed by atoms with E-state index in [1.807, 2.05) is 0 Å². The van der Waals surface area contributed by atoms with Crippen molar-refractivity contribution in [2.75, 3.05) is 0 Å². The average Bonchev–Trinajstić information content (AvgIpc) is 3.21. The Hall–Kier alpha value is -3.13. The first-order valence-electron chi connectivity index (χ1n) is 8.62. The molecule has 1 heterocycles. The van der Waals surface area contributed by atoms with Gasteiger partial charge in [-0.15, -0.1) is 11.3 Å². The molecule has 0 fully saturated rings. The molecule has 150 valence electrons. The monoisotopic (exact) mass is 418 g/mol. The molecule has 0 aliphatic carbocycles. The molecule has 0 bridgehead atoms. The summed E-state index contributed by atoms with van der Waals surface area (Å²) in [5.41, 5.74) is 5.32. The summed E-state index contributed by atoms with van der Waals surface area (Å²) in [6.45, 7) is -0.205. The first-order valence-corrected chi connectivity index (χ1v) is 9.50. The fourth-order valence-electron chi connectivity index (χ4n) is 2.96. The van der Waals surface area contributed by atoms with Crippen molar-refractivity contribution in [1.29, 1.82) is 0 Å². The van der Waals surface area contributed by atoms with E-state index in [4.69, 9.17) is 5.73 Å². The van der Waals surface area contributed by atoms with Crippen LogP contribution in [0.4, 0.5) is 13.2 Å². The van der Waals surface area contributed by atoms with Crippen molar-refractivity contribution >= 4 is 23.2 Å². The van der Waals surface area contributed by atoms with E-state index in [1.165, 1.54) is 28.4 Å². The van der Waals surface area contributed by atoms with Gasteiger partial charge in [0.15, 0.2) is 0 Å². The highest BCUT2D eigenvalue weighted by Crippen LogP contribution is 2.32. The lowest BCUT2D eigenvalue weighted by Gasteiger charge is -2.29. The second-order valence-electron chi connectivity index (χ2n) is 6.32. The van der Waals surface area contributed by atoms with Gasteiger partial charge < -0.3 is 10.6 Å². The molecule has 1 aromatic heterocycles. The van der Waals surface area contributed by atoms with Crippen LogP contribution in [0.15, 0.2) is 72.1 Å². The zero-order chi connectivity index (χ0) is 21.0. The largest absolute Gasteiger partial charge is 0.416 e. The molecule has 0 aliphatic heterocycles. The van der Waals surface area contributed by atoms with Gasteiger partial charge in [0.25, 0.3) is 5.91 Å². The van der Waals surface area contributed by atoms with E-state index in [-0.39, 0.29) is 12.1 Å². The highest BCUT2D eigenvalue weighted by atomic mass is 32.1. The number of amides is 2. The summed E-state index contributed by atoms with van der Waals surface area (Å²) >= 11 is 1.24. The predicted octanol–water partition coefficient (Wildman–Crippen LogP) is 4.64. The van der Waals surface area contributed by atoms with Gasteiger partial charge in [-0.2, -0.15) is 13.2 Å². The van der Waals surface area contributed by atoms with Crippen molar-refractivity contribution in [2.24, 2.45) is 5.73 Å². The first-order chi connectivity index (χ1) is 13.8. The summed E-state index contributed by atoms with van der Waals surface area (Å²) < 4.78 is 39.3. The molecule has 4 nitrogen and oxygen atoms in total. The summed E-state index contributed by atoms with van der Waals surface area (Å²) in [6.07, 6.45) is -4.51. The lowest BCUT2D eigenvalue weighted by atomic mass is 10.1. The molecule has 29 heavy (non-hydrogen) atoms. The number of carbonyl (C=O) groups excluding carboxylic acids is 2. The maximum absolute atomic E-state index is 13.2. The van der Waals surface area contributed by atoms with Crippen LogP contribution < -0.4 is 5.73 Å². The minimum absolute atomic E-state index is 0.205. The normalized spacial score (nSPS) is 12.4. The number of rotatable bonds is 6. The van der Waals surface area contributed by atoms with Gasteiger partial charge in [-0.05, 0) is 41.3 Å². The van der Waals surface area contributed by atoms with E-state index in [2.05, 4.69) is 0 Å². The van der Waals surface area contributed by atoms with Crippen molar-refractivity contribution < 1.29 is 22.8 Å². The Morgan fingerprint density at radius 1 is 1.00 bits per heavy atom. The van der Waals surface area contributed by atoms with Gasteiger partial charge in [-0.1, -0.05) is 36.4 Å². The topological polar surface area (TPSA) is 63.4 Å². The van der Waals surface area contributed by atoms with Gasteiger partial charge in [-0.25, -0.2) is 0 Å². The zero-order valence-electron chi connectivity index (χ0n) is 15.1. The van der Waals surface area contributed by atoms with Crippen LogP contribution >= 0.6 is 11.3 Å². The minimum Gasteiger partial charge on any atom is -0.368 e. The second kappa shape index (κ2) is 8.48. The Morgan fingerprint density at radius 2 is 1.72 bits per heavy atom. The molecule has 3 aromatic rings. The highest BCUT2D eigenvalue weighted by Gasteiger charge is 2.33. The second-order valence-corrected chi connectivity index (χ2v) is 7.30. The number of nitrogens with two attached hydrogens (primary N) is 1. The Kier molecular flexibility index (Phi) is 6.03. The zero-order valence-corrected chi connectivity index (χ0v) is 15.9. The van der Waals surface area contributed by atoms with Gasteiger partial charge in [0.2, 0.25) is 5.91 Å². The van der Waals surface area contributed by atoms with Gasteiger partial charge in [0.05, 0.1) is 5.56 Å². The minimum atomic E-state index is -4.51. The van der Waals surface area contributed by atoms with E-state index < -0.39 is 29.6 Å². The SMILES string of the molecule is NC(=O)[C@@H](c1cccs1)N(Cc1cccc(C(F)(F)F)c1)C(=O)c1ccccc1. The van der Waals surface area contributed by atoms with Crippen LogP contribution in [0.1, 0.15) is 32.4 Å². The third-order valence-corrected chi connectivity index (χ3v) is 5.21. The number of primary amides is 1. The number of halogens is 3. The molecule has 2 amide bonds. The molecule has 0 saturated heterocycles. The summed E-state index contributed by atoms with van der Waals surface area (Å²) in [7, 11) is 0. The molecule has 2 aromatic carbocycles. The Labute approximate surface area is 169 Å². The smallest absolute Gasteiger partial charge is 0.368 e. The number of hydrogen-bond donors (Lipinski definition) is 1. The Morgan fingerprint density at radius 3 is 2.31 bits per heavy atom. The lowest BCUT2D eigenvalue weighted by Crippen LogP contribution is -2.41. The van der Waals surface area contributed by atoms with Gasteiger partial charge >= 0.3 is 6.18 Å². The van der Waals surface area contributed by atoms with Crippen LogP contribution in [0, 0.1) is 0 Å². The predicted molar refractivity (Wildman–Crippen MR) is 104 cm³/mol. The van der Waals surface area contributed by atoms with Crippen molar-refractivity contribution in [3.63, 3.8) is 0 Å². The summed E-state index contributed by atoms with van der Waals surface area (Å²) in [4.78, 5) is 27.2. The van der Waals surface area contributed by atoms with Crippen molar-refractivity contribution in [2.45, 2.75) is 18.8 Å². The van der Waals surface area contributed by atoms with Crippen LogP contribution in [-0.2, 0) is 17.5 Å². The number of benzene rings is 2. The molecule has 3 rings (SSSR count). The Balaban J connectivity index is 2.03. The maximum atomic E-state index is 13.2. The van der Waals surface area contributed by atoms with E-state index in [1.54, 1.807) is 47.8 Å². The standard InChI is InChI=1S/C21H17F3N2O2S/c22-21(23,24)16-9-4-6-14(12-16)13-26(20(28)15-7-2-1-3-8-15)18(19(25)27)17-10-5-11-29-17/h1-12,18H,13H2,(H2,25,27)/t18-/m1/s1. The lowest BCUT2D eigenvalue weighted by molar-refractivity contribution is -0.137. The summed E-state index contributed by atoms with van der Waals surface area (Å²) in [5.74, 6) is -1.26. The summed E-state index contributed by atoms with van der Waals surface area (Å²) in [6, 6.07) is 15.2. The van der Waals surface area contributed by atoms with Crippen molar-refractivity contribution in [1.82, 2.24) is 4.90 Å². The first kappa shape index (κ1) is 20.6. The molecule has 0 aliphatic rings. The number of nitrogens with zero attached hydrogens (tertiary/aromatic N) is 1. The van der Waals surface area contributed by atoms with E-state index in [0.717, 1.165) is 12.1 Å². The maximum Gasteiger partial charge on any atom is 0.416 e. The van der Waals surface area contributed by atoms with E-state index in [9.17, 15) is 22.8 Å². The molecular formula is C21H17F3N2O2S. The van der Waals surface area contributed by atoms with Crippen LogP contribution in [0.3, 0.4) is 0 Å². The van der Waals surface area contributed by atoms with E-state index >= 15 is 0 Å². The van der Waals surface area contributed by atoms with Crippen LogP contribution in [0.25, 0.3) is 0 Å². The highest BCUT2D eigenvalue weighted by molar-refractivity contribution is 7.10. The molecule has 1 atom stereocenters. The van der Waals surface area contributed by atoms with Gasteiger partial charge in [0.1, 0.15) is 6.04 Å². The molecule has 0 unspecified atom stereocenters. The van der Waals surface area contributed by atoms with Crippen LogP contribution in [0.5, 0.6) is 0 Å². The Bertz CT molecular complexity index is 989. The number of thiophene rings is 1. The molecule has 0 saturated carbocycles. The van der Waals surface area contributed by atoms with Gasteiger partial charge in [-0.3, -0.25) is 9.59 Å². The quantitative estimate of drug-likeness (QED) is 0.634. The van der Waals surface area contributed by atoms with Crippen molar-refractivity contribution in [3.05, 3.63) is 93.7 Å². The number of carbonyl (C=O) groups is 2. The third-order valence-electron chi connectivity index (χ3n) is 4.28. The third kappa shape index (κ3) is 4.83. The van der Waals surface area contributed by atoms with Gasteiger partial charge in [0, 0.05) is 17.0 Å². The van der Waals surface area contributed by atoms with E-state index in [0.29, 0.717) is 10.4 Å². The molecular weight excluding hydrogens is 401 g/mol.